The van der Waals surface area contributed by atoms with Gasteiger partial charge in [0, 0.05) is 29.9 Å². The van der Waals surface area contributed by atoms with Gasteiger partial charge in [-0.15, -0.1) is 0 Å². The van der Waals surface area contributed by atoms with Crippen molar-refractivity contribution in [3.8, 4) is 0 Å². The SMILES string of the molecule is O=C(Nc1ccccn1)[C@H]1CC(=O)N(c2ccc(Cl)cc2)C1. The maximum atomic E-state index is 12.2. The Morgan fingerprint density at radius 2 is 2.00 bits per heavy atom. The predicted octanol–water partition coefficient (Wildman–Crippen LogP) is 2.73. The van der Waals surface area contributed by atoms with Crippen molar-refractivity contribution in [1.29, 1.82) is 0 Å². The largest absolute Gasteiger partial charge is 0.312 e. The molecule has 1 aliphatic rings. The van der Waals surface area contributed by atoms with E-state index in [1.165, 1.54) is 0 Å². The fourth-order valence-corrected chi connectivity index (χ4v) is 2.54. The van der Waals surface area contributed by atoms with Crippen LogP contribution < -0.4 is 10.2 Å². The third-order valence-electron chi connectivity index (χ3n) is 3.55. The zero-order valence-corrected chi connectivity index (χ0v) is 12.5. The number of nitrogens with zero attached hydrogens (tertiary/aromatic N) is 2. The Balaban J connectivity index is 1.69. The minimum Gasteiger partial charge on any atom is -0.312 e. The van der Waals surface area contributed by atoms with Crippen LogP contribution in [-0.4, -0.2) is 23.3 Å². The molecule has 1 fully saturated rings. The molecule has 0 unspecified atom stereocenters. The Hall–Kier alpha value is -2.40. The first-order chi connectivity index (χ1) is 10.6. The molecular formula is C16H14ClN3O2. The lowest BCUT2D eigenvalue weighted by atomic mass is 10.1. The average Bonchev–Trinajstić information content (AvgIpc) is 2.91. The molecule has 2 aromatic rings. The number of amides is 2. The molecule has 22 heavy (non-hydrogen) atoms. The maximum Gasteiger partial charge on any atom is 0.230 e. The summed E-state index contributed by atoms with van der Waals surface area (Å²) >= 11 is 5.85. The summed E-state index contributed by atoms with van der Waals surface area (Å²) in [4.78, 5) is 30.0. The molecule has 2 amide bonds. The summed E-state index contributed by atoms with van der Waals surface area (Å²) in [6, 6.07) is 12.3. The number of rotatable bonds is 3. The van der Waals surface area contributed by atoms with Crippen LogP contribution in [0.1, 0.15) is 6.42 Å². The van der Waals surface area contributed by atoms with Crippen molar-refractivity contribution in [2.45, 2.75) is 6.42 Å². The van der Waals surface area contributed by atoms with Gasteiger partial charge in [-0.25, -0.2) is 4.98 Å². The van der Waals surface area contributed by atoms with E-state index in [0.717, 1.165) is 5.69 Å². The summed E-state index contributed by atoms with van der Waals surface area (Å²) in [6.45, 7) is 0.360. The number of hydrogen-bond donors (Lipinski definition) is 1. The van der Waals surface area contributed by atoms with E-state index in [-0.39, 0.29) is 24.2 Å². The van der Waals surface area contributed by atoms with Crippen molar-refractivity contribution in [2.24, 2.45) is 5.92 Å². The van der Waals surface area contributed by atoms with Crippen molar-refractivity contribution >= 4 is 34.9 Å². The first-order valence-corrected chi connectivity index (χ1v) is 7.29. The Labute approximate surface area is 132 Å². The molecule has 1 saturated heterocycles. The lowest BCUT2D eigenvalue weighted by molar-refractivity contribution is -0.122. The van der Waals surface area contributed by atoms with Gasteiger partial charge in [0.15, 0.2) is 0 Å². The monoisotopic (exact) mass is 315 g/mol. The summed E-state index contributed by atoms with van der Waals surface area (Å²) in [5.41, 5.74) is 0.752. The molecule has 1 atom stereocenters. The van der Waals surface area contributed by atoms with Gasteiger partial charge in [0.1, 0.15) is 5.82 Å². The number of halogens is 1. The minimum absolute atomic E-state index is 0.0662. The minimum atomic E-state index is -0.384. The smallest absolute Gasteiger partial charge is 0.230 e. The second-order valence-electron chi connectivity index (χ2n) is 5.09. The quantitative estimate of drug-likeness (QED) is 0.947. The Kier molecular flexibility index (Phi) is 4.06. The molecule has 1 aromatic carbocycles. The average molecular weight is 316 g/mol. The van der Waals surface area contributed by atoms with Crippen LogP contribution in [0.4, 0.5) is 11.5 Å². The Morgan fingerprint density at radius 1 is 1.23 bits per heavy atom. The lowest BCUT2D eigenvalue weighted by Crippen LogP contribution is -2.28. The van der Waals surface area contributed by atoms with Gasteiger partial charge in [0.05, 0.1) is 5.92 Å². The highest BCUT2D eigenvalue weighted by Crippen LogP contribution is 2.26. The van der Waals surface area contributed by atoms with E-state index in [1.54, 1.807) is 53.6 Å². The number of carbonyl (C=O) groups excluding carboxylic acids is 2. The van der Waals surface area contributed by atoms with E-state index >= 15 is 0 Å². The Bertz CT molecular complexity index is 688. The number of anilines is 2. The van der Waals surface area contributed by atoms with Gasteiger partial charge < -0.3 is 10.2 Å². The van der Waals surface area contributed by atoms with Crippen LogP contribution in [0.2, 0.25) is 5.02 Å². The van der Waals surface area contributed by atoms with Crippen LogP contribution in [0, 0.1) is 5.92 Å². The van der Waals surface area contributed by atoms with Crippen molar-refractivity contribution in [1.82, 2.24) is 4.98 Å². The molecule has 112 valence electrons. The van der Waals surface area contributed by atoms with Crippen LogP contribution in [0.25, 0.3) is 0 Å². The summed E-state index contributed by atoms with van der Waals surface area (Å²) in [6.07, 6.45) is 1.80. The summed E-state index contributed by atoms with van der Waals surface area (Å²) in [5.74, 6) is -0.151. The van der Waals surface area contributed by atoms with Crippen LogP contribution in [0.15, 0.2) is 48.7 Å². The van der Waals surface area contributed by atoms with Crippen molar-refractivity contribution in [3.05, 3.63) is 53.7 Å². The van der Waals surface area contributed by atoms with Gasteiger partial charge in [-0.3, -0.25) is 9.59 Å². The van der Waals surface area contributed by atoms with Gasteiger partial charge in [-0.1, -0.05) is 17.7 Å². The molecule has 3 rings (SSSR count). The highest BCUT2D eigenvalue weighted by molar-refractivity contribution is 6.30. The number of aromatic nitrogens is 1. The van der Waals surface area contributed by atoms with Gasteiger partial charge in [0.25, 0.3) is 0 Å². The van der Waals surface area contributed by atoms with Crippen LogP contribution in [0.3, 0.4) is 0 Å². The summed E-state index contributed by atoms with van der Waals surface area (Å²) in [7, 11) is 0. The first-order valence-electron chi connectivity index (χ1n) is 6.91. The fraction of sp³-hybridized carbons (Fsp3) is 0.188. The predicted molar refractivity (Wildman–Crippen MR) is 84.8 cm³/mol. The van der Waals surface area contributed by atoms with Gasteiger partial charge in [0.2, 0.25) is 11.8 Å². The Morgan fingerprint density at radius 3 is 2.68 bits per heavy atom. The normalized spacial score (nSPS) is 17.6. The standard InChI is InChI=1S/C16H14ClN3O2/c17-12-4-6-13(7-5-12)20-10-11(9-15(20)21)16(22)19-14-3-1-2-8-18-14/h1-8,11H,9-10H2,(H,18,19,22)/t11-/m0/s1. The zero-order valence-electron chi connectivity index (χ0n) is 11.7. The van der Waals surface area contributed by atoms with Crippen molar-refractivity contribution in [2.75, 3.05) is 16.8 Å². The van der Waals surface area contributed by atoms with Crippen LogP contribution >= 0.6 is 11.6 Å². The third kappa shape index (κ3) is 3.09. The summed E-state index contributed by atoms with van der Waals surface area (Å²) < 4.78 is 0. The van der Waals surface area contributed by atoms with E-state index in [4.69, 9.17) is 11.6 Å². The van der Waals surface area contributed by atoms with Crippen LogP contribution in [0.5, 0.6) is 0 Å². The zero-order chi connectivity index (χ0) is 15.5. The number of nitrogens with one attached hydrogen (secondary N) is 1. The number of pyridine rings is 1. The lowest BCUT2D eigenvalue weighted by Gasteiger charge is -2.16. The second kappa shape index (κ2) is 6.15. The molecule has 0 bridgehead atoms. The van der Waals surface area contributed by atoms with Gasteiger partial charge in [-0.2, -0.15) is 0 Å². The molecule has 1 aromatic heterocycles. The molecule has 0 aliphatic carbocycles. The molecule has 2 heterocycles. The van der Waals surface area contributed by atoms with E-state index in [9.17, 15) is 9.59 Å². The van der Waals surface area contributed by atoms with Gasteiger partial charge >= 0.3 is 0 Å². The molecule has 0 spiro atoms. The highest BCUT2D eigenvalue weighted by atomic mass is 35.5. The number of carbonyl (C=O) groups is 2. The number of benzene rings is 1. The molecule has 1 N–H and O–H groups in total. The van der Waals surface area contributed by atoms with E-state index in [1.807, 2.05) is 0 Å². The summed E-state index contributed by atoms with van der Waals surface area (Å²) in [5, 5.41) is 3.35. The molecule has 6 heteroatoms. The fourth-order valence-electron chi connectivity index (χ4n) is 2.42. The van der Waals surface area contributed by atoms with E-state index in [2.05, 4.69) is 10.3 Å². The topological polar surface area (TPSA) is 62.3 Å². The first kappa shape index (κ1) is 14.5. The molecular weight excluding hydrogens is 302 g/mol. The second-order valence-corrected chi connectivity index (χ2v) is 5.52. The van der Waals surface area contributed by atoms with Crippen molar-refractivity contribution < 1.29 is 9.59 Å². The molecule has 1 aliphatic heterocycles. The van der Waals surface area contributed by atoms with E-state index in [0.29, 0.717) is 17.4 Å². The number of hydrogen-bond acceptors (Lipinski definition) is 3. The van der Waals surface area contributed by atoms with Crippen LogP contribution in [-0.2, 0) is 9.59 Å². The third-order valence-corrected chi connectivity index (χ3v) is 3.80. The molecule has 5 nitrogen and oxygen atoms in total. The molecule has 0 saturated carbocycles. The molecule has 0 radical (unpaired) electrons. The highest BCUT2D eigenvalue weighted by Gasteiger charge is 2.35. The van der Waals surface area contributed by atoms with E-state index < -0.39 is 0 Å². The van der Waals surface area contributed by atoms with Crippen molar-refractivity contribution in [3.63, 3.8) is 0 Å². The van der Waals surface area contributed by atoms with Gasteiger partial charge in [-0.05, 0) is 36.4 Å². The maximum absolute atomic E-state index is 12.2.